The van der Waals surface area contributed by atoms with Crippen molar-refractivity contribution in [2.24, 2.45) is 0 Å². The van der Waals surface area contributed by atoms with Gasteiger partial charge in [-0.05, 0) is 35.7 Å². The topological polar surface area (TPSA) is 104 Å². The van der Waals surface area contributed by atoms with Gasteiger partial charge in [0.15, 0.2) is 0 Å². The summed E-state index contributed by atoms with van der Waals surface area (Å²) in [5.74, 6) is -1.39. The van der Waals surface area contributed by atoms with Gasteiger partial charge in [-0.2, -0.15) is 4.72 Å². The van der Waals surface area contributed by atoms with Crippen molar-refractivity contribution in [1.82, 2.24) is 4.72 Å². The number of fused-ring (bicyclic) bond motifs is 1. The Morgan fingerprint density at radius 1 is 1.15 bits per heavy atom. The summed E-state index contributed by atoms with van der Waals surface area (Å²) >= 11 is 0. The molecule has 0 fully saturated rings. The fourth-order valence-corrected chi connectivity index (χ4v) is 4.23. The first-order chi connectivity index (χ1) is 12.3. The van der Waals surface area contributed by atoms with Crippen LogP contribution in [0.3, 0.4) is 0 Å². The Hall–Kier alpha value is -2.71. The Labute approximate surface area is 151 Å². The molecule has 0 radical (unpaired) electrons. The molecule has 1 heterocycles. The molecule has 0 aliphatic carbocycles. The van der Waals surface area contributed by atoms with Crippen molar-refractivity contribution >= 4 is 27.6 Å². The molecule has 2 aromatic rings. The van der Waals surface area contributed by atoms with Crippen LogP contribution in [0.4, 0.5) is 5.69 Å². The smallest absolute Gasteiger partial charge is 0.326 e. The second-order valence-electron chi connectivity index (χ2n) is 6.01. The lowest BCUT2D eigenvalue weighted by atomic mass is 10.1. The van der Waals surface area contributed by atoms with Gasteiger partial charge in [0, 0.05) is 19.2 Å². The second kappa shape index (κ2) is 6.89. The first-order valence-electron chi connectivity index (χ1n) is 8.01. The molecule has 0 saturated carbocycles. The Kier molecular flexibility index (Phi) is 4.80. The van der Waals surface area contributed by atoms with E-state index >= 15 is 0 Å². The molecule has 1 aliphatic rings. The molecular weight excluding hydrogens is 356 g/mol. The Morgan fingerprint density at radius 2 is 1.85 bits per heavy atom. The summed E-state index contributed by atoms with van der Waals surface area (Å²) in [6.07, 6.45) is 0.555. The molecule has 0 bridgehead atoms. The van der Waals surface area contributed by atoms with E-state index in [1.165, 1.54) is 19.1 Å². The molecule has 1 aliphatic heterocycles. The molecule has 7 nitrogen and oxygen atoms in total. The van der Waals surface area contributed by atoms with Crippen LogP contribution in [0.1, 0.15) is 24.1 Å². The highest BCUT2D eigenvalue weighted by atomic mass is 32.2. The minimum absolute atomic E-state index is 0.0242. The zero-order valence-electron chi connectivity index (χ0n) is 14.0. The summed E-state index contributed by atoms with van der Waals surface area (Å²) in [4.78, 5) is 24.7. The lowest BCUT2D eigenvalue weighted by Gasteiger charge is -2.17. The number of amides is 1. The zero-order chi connectivity index (χ0) is 18.9. The third-order valence-electron chi connectivity index (χ3n) is 4.29. The van der Waals surface area contributed by atoms with Crippen LogP contribution < -0.4 is 9.62 Å². The van der Waals surface area contributed by atoms with Gasteiger partial charge < -0.3 is 10.0 Å². The minimum Gasteiger partial charge on any atom is -0.480 e. The van der Waals surface area contributed by atoms with Crippen molar-refractivity contribution in [2.45, 2.75) is 24.3 Å². The summed E-state index contributed by atoms with van der Waals surface area (Å²) in [5.41, 5.74) is 1.77. The Morgan fingerprint density at radius 3 is 2.46 bits per heavy atom. The fraction of sp³-hybridized carbons (Fsp3) is 0.222. The van der Waals surface area contributed by atoms with Crippen molar-refractivity contribution in [2.75, 3.05) is 11.4 Å². The normalized spacial score (nSPS) is 14.7. The maximum Gasteiger partial charge on any atom is 0.326 e. The van der Waals surface area contributed by atoms with E-state index < -0.39 is 22.0 Å². The lowest BCUT2D eigenvalue weighted by molar-refractivity contribution is -0.139. The first kappa shape index (κ1) is 18.1. The van der Waals surface area contributed by atoms with Crippen LogP contribution in [0.5, 0.6) is 0 Å². The fourth-order valence-electron chi connectivity index (χ4n) is 3.00. The number of rotatable bonds is 5. The van der Waals surface area contributed by atoms with Gasteiger partial charge in [0.05, 0.1) is 4.90 Å². The molecule has 0 unspecified atom stereocenters. The van der Waals surface area contributed by atoms with Crippen molar-refractivity contribution < 1.29 is 23.1 Å². The number of carboxylic acid groups (broad SMARTS) is 1. The number of anilines is 1. The van der Waals surface area contributed by atoms with Crippen LogP contribution in [-0.4, -0.2) is 31.9 Å². The van der Waals surface area contributed by atoms with Crippen molar-refractivity contribution in [3.63, 3.8) is 0 Å². The predicted octanol–water partition coefficient (Wildman–Crippen LogP) is 1.70. The minimum atomic E-state index is -4.05. The van der Waals surface area contributed by atoms with Gasteiger partial charge in [-0.1, -0.05) is 30.3 Å². The van der Waals surface area contributed by atoms with Crippen LogP contribution in [0.2, 0.25) is 0 Å². The van der Waals surface area contributed by atoms with Crippen molar-refractivity contribution in [1.29, 1.82) is 0 Å². The largest absolute Gasteiger partial charge is 0.480 e. The highest BCUT2D eigenvalue weighted by Crippen LogP contribution is 2.30. The maximum absolute atomic E-state index is 12.7. The number of benzene rings is 2. The number of nitrogens with one attached hydrogen (secondary N) is 1. The highest BCUT2D eigenvalue weighted by Gasteiger charge is 2.29. The molecule has 0 saturated heterocycles. The van der Waals surface area contributed by atoms with E-state index in [1.807, 2.05) is 0 Å². The molecule has 26 heavy (non-hydrogen) atoms. The molecular formula is C18H18N2O5S. The van der Waals surface area contributed by atoms with E-state index in [9.17, 15) is 23.1 Å². The molecule has 8 heteroatoms. The molecule has 0 spiro atoms. The van der Waals surface area contributed by atoms with Crippen LogP contribution in [0.15, 0.2) is 53.4 Å². The van der Waals surface area contributed by atoms with E-state index in [0.29, 0.717) is 24.2 Å². The molecule has 0 aromatic heterocycles. The van der Waals surface area contributed by atoms with Gasteiger partial charge in [-0.15, -0.1) is 0 Å². The van der Waals surface area contributed by atoms with Gasteiger partial charge in [-0.25, -0.2) is 8.42 Å². The van der Waals surface area contributed by atoms with Gasteiger partial charge >= 0.3 is 5.97 Å². The summed E-state index contributed by atoms with van der Waals surface area (Å²) in [6, 6.07) is 11.2. The molecule has 2 aromatic carbocycles. The Bertz CT molecular complexity index is 957. The third-order valence-corrected chi connectivity index (χ3v) is 5.71. The number of carboxylic acids is 1. The molecule has 136 valence electrons. The van der Waals surface area contributed by atoms with E-state index in [2.05, 4.69) is 4.72 Å². The maximum atomic E-state index is 12.7. The number of sulfonamides is 1. The van der Waals surface area contributed by atoms with Gasteiger partial charge in [-0.3, -0.25) is 9.59 Å². The SMILES string of the molecule is CC(=O)N1CCc2cc(S(=O)(=O)N[C@@H](C(=O)O)c3ccccc3)ccc21. The summed E-state index contributed by atoms with van der Waals surface area (Å²) in [6.45, 7) is 1.96. The first-order valence-corrected chi connectivity index (χ1v) is 9.49. The van der Waals surface area contributed by atoms with E-state index in [0.717, 1.165) is 5.56 Å². The summed E-state index contributed by atoms with van der Waals surface area (Å²) in [7, 11) is -4.05. The number of carbonyl (C=O) groups excluding carboxylic acids is 1. The van der Waals surface area contributed by atoms with E-state index in [4.69, 9.17) is 0 Å². The number of carbonyl (C=O) groups is 2. The average molecular weight is 374 g/mol. The average Bonchev–Trinajstić information content (AvgIpc) is 3.03. The molecule has 3 rings (SSSR count). The molecule has 1 atom stereocenters. The standard InChI is InChI=1S/C18H18N2O5S/c1-12(21)20-10-9-14-11-15(7-8-16(14)20)26(24,25)19-17(18(22)23)13-5-3-2-4-6-13/h2-8,11,17,19H,9-10H2,1H3,(H,22,23)/t17-/m1/s1. The lowest BCUT2D eigenvalue weighted by Crippen LogP contribution is -2.33. The van der Waals surface area contributed by atoms with Crippen molar-refractivity contribution in [3.8, 4) is 0 Å². The zero-order valence-corrected chi connectivity index (χ0v) is 14.9. The predicted molar refractivity (Wildman–Crippen MR) is 95.3 cm³/mol. The van der Waals surface area contributed by atoms with Crippen molar-refractivity contribution in [3.05, 3.63) is 59.7 Å². The van der Waals surface area contributed by atoms with E-state index in [-0.39, 0.29) is 10.8 Å². The number of aliphatic carboxylic acids is 1. The molecule has 2 N–H and O–H groups in total. The van der Waals surface area contributed by atoms with Crippen LogP contribution >= 0.6 is 0 Å². The van der Waals surface area contributed by atoms with E-state index in [1.54, 1.807) is 41.3 Å². The molecule has 1 amide bonds. The number of hydrogen-bond acceptors (Lipinski definition) is 4. The van der Waals surface area contributed by atoms with Gasteiger partial charge in [0.1, 0.15) is 6.04 Å². The third kappa shape index (κ3) is 3.47. The summed E-state index contributed by atoms with van der Waals surface area (Å²) in [5, 5.41) is 9.42. The summed E-state index contributed by atoms with van der Waals surface area (Å²) < 4.78 is 27.6. The van der Waals surface area contributed by atoms with Gasteiger partial charge in [0.2, 0.25) is 15.9 Å². The quantitative estimate of drug-likeness (QED) is 0.829. The van der Waals surface area contributed by atoms with Crippen LogP contribution in [-0.2, 0) is 26.0 Å². The number of hydrogen-bond donors (Lipinski definition) is 2. The Balaban J connectivity index is 1.91. The monoisotopic (exact) mass is 374 g/mol. The number of nitrogens with zero attached hydrogens (tertiary/aromatic N) is 1. The highest BCUT2D eigenvalue weighted by molar-refractivity contribution is 7.89. The second-order valence-corrected chi connectivity index (χ2v) is 7.73. The van der Waals surface area contributed by atoms with Crippen LogP contribution in [0, 0.1) is 0 Å². The van der Waals surface area contributed by atoms with Gasteiger partial charge in [0.25, 0.3) is 0 Å². The van der Waals surface area contributed by atoms with Crippen LogP contribution in [0.25, 0.3) is 0 Å².